The Hall–Kier alpha value is -2.37. The molecule has 1 aromatic heterocycles. The number of H-pyrrole nitrogens is 1. The fourth-order valence-corrected chi connectivity index (χ4v) is 2.11. The van der Waals surface area contributed by atoms with Gasteiger partial charge in [0.05, 0.1) is 6.20 Å². The summed E-state index contributed by atoms with van der Waals surface area (Å²) in [5, 5.41) is 13.6. The Labute approximate surface area is 125 Å². The monoisotopic (exact) mass is 286 g/mol. The number of amidine groups is 1. The zero-order valence-electron chi connectivity index (χ0n) is 12.8. The molecule has 2 rings (SSSR count). The van der Waals surface area contributed by atoms with Crippen LogP contribution in [0.5, 0.6) is 0 Å². The quantitative estimate of drug-likeness (QED) is 0.586. The van der Waals surface area contributed by atoms with E-state index in [4.69, 9.17) is 0 Å². The molecule has 0 saturated carbocycles. The molecule has 3 N–H and O–H groups in total. The lowest BCUT2D eigenvalue weighted by atomic mass is 10.0. The number of aliphatic imine (C=N–C) groups is 2. The Morgan fingerprint density at radius 2 is 2.33 bits per heavy atom. The molecule has 6 nitrogen and oxygen atoms in total. The lowest BCUT2D eigenvalue weighted by Gasteiger charge is -2.17. The van der Waals surface area contributed by atoms with E-state index < -0.39 is 0 Å². The number of aromatic amines is 1. The molecule has 0 spiro atoms. The van der Waals surface area contributed by atoms with E-state index in [1.54, 1.807) is 7.05 Å². The third-order valence-electron chi connectivity index (χ3n) is 3.17. The van der Waals surface area contributed by atoms with Crippen molar-refractivity contribution in [2.24, 2.45) is 9.98 Å². The molecule has 1 heterocycles. The molecule has 0 saturated heterocycles. The Kier molecular flexibility index (Phi) is 4.92. The summed E-state index contributed by atoms with van der Waals surface area (Å²) in [6.07, 6.45) is 5.96. The van der Waals surface area contributed by atoms with Crippen molar-refractivity contribution in [3.05, 3.63) is 35.7 Å². The number of aryl methyl sites for hydroxylation is 1. The first-order chi connectivity index (χ1) is 10.2. The molecule has 1 aliphatic rings. The number of rotatable bonds is 3. The number of fused-ring (bicyclic) bond motifs is 1. The number of allylic oxidation sites excluding steroid dienone is 1. The molecular weight excluding hydrogens is 264 g/mol. The fourth-order valence-electron chi connectivity index (χ4n) is 2.11. The van der Waals surface area contributed by atoms with Crippen LogP contribution in [0.3, 0.4) is 0 Å². The van der Waals surface area contributed by atoms with Crippen LogP contribution in [0.25, 0.3) is 5.70 Å². The molecule has 0 amide bonds. The van der Waals surface area contributed by atoms with Gasteiger partial charge in [-0.3, -0.25) is 10.1 Å². The van der Waals surface area contributed by atoms with Gasteiger partial charge in [-0.15, -0.1) is 0 Å². The molecule has 0 aromatic carbocycles. The summed E-state index contributed by atoms with van der Waals surface area (Å²) in [7, 11) is 1.71. The molecule has 21 heavy (non-hydrogen) atoms. The average Bonchev–Trinajstić information content (AvgIpc) is 2.95. The molecule has 0 bridgehead atoms. The topological polar surface area (TPSA) is 77.5 Å². The van der Waals surface area contributed by atoms with Gasteiger partial charge in [-0.2, -0.15) is 10.1 Å². The van der Waals surface area contributed by atoms with Crippen LogP contribution in [0.2, 0.25) is 0 Å². The van der Waals surface area contributed by atoms with E-state index in [9.17, 15) is 0 Å². The van der Waals surface area contributed by atoms with Gasteiger partial charge in [0, 0.05) is 30.5 Å². The minimum absolute atomic E-state index is 0.590. The Morgan fingerprint density at radius 3 is 3.00 bits per heavy atom. The summed E-state index contributed by atoms with van der Waals surface area (Å²) < 4.78 is 0. The molecule has 0 unspecified atom stereocenters. The van der Waals surface area contributed by atoms with Crippen LogP contribution < -0.4 is 10.6 Å². The van der Waals surface area contributed by atoms with Gasteiger partial charge in [-0.05, 0) is 32.3 Å². The second kappa shape index (κ2) is 6.88. The largest absolute Gasteiger partial charge is 0.355 e. The van der Waals surface area contributed by atoms with Gasteiger partial charge < -0.3 is 10.6 Å². The number of nitrogens with zero attached hydrogens (tertiary/aromatic N) is 3. The maximum absolute atomic E-state index is 4.51. The normalized spacial score (nSPS) is 15.3. The average molecular weight is 286 g/mol. The third-order valence-corrected chi connectivity index (χ3v) is 3.17. The maximum Gasteiger partial charge on any atom is 0.219 e. The highest BCUT2D eigenvalue weighted by atomic mass is 15.2. The highest BCUT2D eigenvalue weighted by molar-refractivity contribution is 6.08. The van der Waals surface area contributed by atoms with Crippen molar-refractivity contribution in [3.8, 4) is 0 Å². The van der Waals surface area contributed by atoms with Gasteiger partial charge in [-0.25, -0.2) is 0 Å². The predicted octanol–water partition coefficient (Wildman–Crippen LogP) is 1.86. The van der Waals surface area contributed by atoms with Crippen LogP contribution in [0.4, 0.5) is 0 Å². The van der Waals surface area contributed by atoms with E-state index >= 15 is 0 Å². The van der Waals surface area contributed by atoms with Crippen molar-refractivity contribution in [3.63, 3.8) is 0 Å². The van der Waals surface area contributed by atoms with Crippen LogP contribution in [-0.2, 0) is 6.42 Å². The summed E-state index contributed by atoms with van der Waals surface area (Å²) in [5.41, 5.74) is 4.11. The van der Waals surface area contributed by atoms with Gasteiger partial charge >= 0.3 is 0 Å². The number of guanidine groups is 1. The molecular formula is C15H22N6. The van der Waals surface area contributed by atoms with E-state index in [0.717, 1.165) is 41.9 Å². The van der Waals surface area contributed by atoms with Crippen molar-refractivity contribution >= 4 is 17.5 Å². The summed E-state index contributed by atoms with van der Waals surface area (Å²) in [4.78, 5) is 8.63. The van der Waals surface area contributed by atoms with E-state index in [2.05, 4.69) is 43.5 Å². The summed E-state index contributed by atoms with van der Waals surface area (Å²) in [5.74, 6) is 1.30. The minimum Gasteiger partial charge on any atom is -0.355 e. The van der Waals surface area contributed by atoms with Gasteiger partial charge in [0.2, 0.25) is 5.96 Å². The highest BCUT2D eigenvalue weighted by Crippen LogP contribution is 2.22. The molecule has 1 aliphatic carbocycles. The van der Waals surface area contributed by atoms with E-state index in [-0.39, 0.29) is 0 Å². The van der Waals surface area contributed by atoms with Crippen molar-refractivity contribution in [2.75, 3.05) is 13.6 Å². The third kappa shape index (κ3) is 3.59. The first-order valence-electron chi connectivity index (χ1n) is 7.10. The number of nitrogens with one attached hydrogen (secondary N) is 3. The number of hydrogen-bond acceptors (Lipinski definition) is 2. The maximum atomic E-state index is 4.51. The van der Waals surface area contributed by atoms with E-state index in [1.165, 1.54) is 0 Å². The number of aromatic nitrogens is 2. The van der Waals surface area contributed by atoms with Crippen molar-refractivity contribution in [1.82, 2.24) is 20.8 Å². The summed E-state index contributed by atoms with van der Waals surface area (Å²) >= 11 is 0. The lowest BCUT2D eigenvalue weighted by molar-refractivity contribution is 0.896. The fraction of sp³-hybridized carbons (Fsp3) is 0.400. The standard InChI is InChI=1S/C15H22N6/c1-5-17-15(16-4)20-14(10(2)3)19-12-7-6-8-13-11(12)9-18-21-13/h7,9H,2,5-6,8H2,1,3-4H3,(H,18,21)(H2,16,17,19,20). The highest BCUT2D eigenvalue weighted by Gasteiger charge is 2.16. The van der Waals surface area contributed by atoms with Crippen LogP contribution in [0, 0.1) is 0 Å². The second-order valence-electron chi connectivity index (χ2n) is 4.86. The molecule has 0 aliphatic heterocycles. The Bertz CT molecular complexity index is 605. The van der Waals surface area contributed by atoms with E-state index in [0.29, 0.717) is 11.8 Å². The molecule has 1 aromatic rings. The summed E-state index contributed by atoms with van der Waals surface area (Å²) in [6.45, 7) is 8.69. The SMILES string of the molecule is C=C(C)/C(=N\C(=NC)NCC)NC1=CCCc2[nH]ncc21. The van der Waals surface area contributed by atoms with Crippen molar-refractivity contribution in [2.45, 2.75) is 26.7 Å². The summed E-state index contributed by atoms with van der Waals surface area (Å²) in [6, 6.07) is 0. The Balaban J connectivity index is 2.24. The van der Waals surface area contributed by atoms with Gasteiger partial charge in [0.15, 0.2) is 0 Å². The van der Waals surface area contributed by atoms with Gasteiger partial charge in [-0.1, -0.05) is 12.7 Å². The van der Waals surface area contributed by atoms with Gasteiger partial charge in [0.1, 0.15) is 5.84 Å². The second-order valence-corrected chi connectivity index (χ2v) is 4.86. The zero-order valence-corrected chi connectivity index (χ0v) is 12.8. The first-order valence-corrected chi connectivity index (χ1v) is 7.10. The van der Waals surface area contributed by atoms with Crippen LogP contribution in [0.1, 0.15) is 31.5 Å². The van der Waals surface area contributed by atoms with Crippen LogP contribution in [-0.4, -0.2) is 35.6 Å². The molecule has 6 heteroatoms. The van der Waals surface area contributed by atoms with Crippen molar-refractivity contribution in [1.29, 1.82) is 0 Å². The minimum atomic E-state index is 0.590. The van der Waals surface area contributed by atoms with Crippen LogP contribution >= 0.6 is 0 Å². The molecule has 0 fully saturated rings. The van der Waals surface area contributed by atoms with E-state index in [1.807, 2.05) is 20.0 Å². The number of hydrogen-bond donors (Lipinski definition) is 3. The van der Waals surface area contributed by atoms with Crippen molar-refractivity contribution < 1.29 is 0 Å². The Morgan fingerprint density at radius 1 is 1.52 bits per heavy atom. The smallest absolute Gasteiger partial charge is 0.219 e. The molecule has 112 valence electrons. The van der Waals surface area contributed by atoms with Gasteiger partial charge in [0.25, 0.3) is 0 Å². The first kappa shape index (κ1) is 15.0. The molecule has 0 radical (unpaired) electrons. The predicted molar refractivity (Wildman–Crippen MR) is 87.3 cm³/mol. The van der Waals surface area contributed by atoms with Crippen LogP contribution in [0.15, 0.2) is 34.4 Å². The lowest BCUT2D eigenvalue weighted by Crippen LogP contribution is -2.29. The molecule has 0 atom stereocenters. The zero-order chi connectivity index (χ0) is 15.2.